The van der Waals surface area contributed by atoms with Gasteiger partial charge in [0.1, 0.15) is 8.07 Å². The van der Waals surface area contributed by atoms with Crippen molar-refractivity contribution in [2.75, 3.05) is 0 Å². The summed E-state index contributed by atoms with van der Waals surface area (Å²) in [6.07, 6.45) is 0.796. The lowest BCUT2D eigenvalue weighted by Crippen LogP contribution is -2.64. The SMILES string of the molecule is CC1=C(C[Si](c2ccccc2)(c2ccccc2)C(C)(C)C)C[C@](C)(O)[C@@H]1C. The molecule has 2 atom stereocenters. The molecule has 0 unspecified atom stereocenters. The summed E-state index contributed by atoms with van der Waals surface area (Å²) < 4.78 is 0. The monoisotopic (exact) mass is 378 g/mol. The average molecular weight is 379 g/mol. The molecule has 0 saturated heterocycles. The molecule has 0 heterocycles. The molecule has 2 aromatic carbocycles. The van der Waals surface area contributed by atoms with Crippen LogP contribution in [0, 0.1) is 5.92 Å². The standard InChI is InChI=1S/C25H34OSi/c1-19-20(2)25(6,26)17-21(19)18-27(24(3,4)5,22-13-9-7-10-14-22)23-15-11-8-12-16-23/h7-16,20,26H,17-18H2,1-6H3/t20-,25+/m1/s1. The maximum absolute atomic E-state index is 10.9. The van der Waals surface area contributed by atoms with Crippen molar-refractivity contribution in [3.8, 4) is 0 Å². The van der Waals surface area contributed by atoms with E-state index in [-0.39, 0.29) is 11.0 Å². The highest BCUT2D eigenvalue weighted by Gasteiger charge is 2.50. The van der Waals surface area contributed by atoms with E-state index < -0.39 is 13.7 Å². The molecule has 1 N–H and O–H groups in total. The molecule has 0 saturated carbocycles. The Morgan fingerprint density at radius 1 is 0.963 bits per heavy atom. The molecule has 0 aromatic heterocycles. The predicted octanol–water partition coefficient (Wildman–Crippen LogP) is 5.16. The Balaban J connectivity index is 2.23. The molecule has 3 rings (SSSR count). The Labute approximate surface area is 166 Å². The number of hydrogen-bond acceptors (Lipinski definition) is 1. The van der Waals surface area contributed by atoms with E-state index in [1.54, 1.807) is 0 Å². The first-order chi connectivity index (χ1) is 12.6. The maximum Gasteiger partial charge on any atom is 0.127 e. The Kier molecular flexibility index (Phi) is 5.26. The first kappa shape index (κ1) is 20.1. The van der Waals surface area contributed by atoms with Crippen LogP contribution in [0.25, 0.3) is 0 Å². The molecule has 2 aromatic rings. The number of benzene rings is 2. The van der Waals surface area contributed by atoms with Crippen LogP contribution in [-0.4, -0.2) is 18.8 Å². The molecule has 2 heteroatoms. The molecule has 0 amide bonds. The summed E-state index contributed by atoms with van der Waals surface area (Å²) in [7, 11) is -2.12. The smallest absolute Gasteiger partial charge is 0.127 e. The zero-order valence-corrected chi connectivity index (χ0v) is 18.7. The van der Waals surface area contributed by atoms with Gasteiger partial charge < -0.3 is 5.11 Å². The van der Waals surface area contributed by atoms with E-state index in [9.17, 15) is 5.11 Å². The average Bonchev–Trinajstić information content (AvgIpc) is 2.82. The number of aliphatic hydroxyl groups is 1. The fourth-order valence-electron chi connectivity index (χ4n) is 4.97. The van der Waals surface area contributed by atoms with E-state index in [0.29, 0.717) is 0 Å². The molecule has 1 aliphatic carbocycles. The van der Waals surface area contributed by atoms with E-state index in [2.05, 4.69) is 95.3 Å². The van der Waals surface area contributed by atoms with Crippen LogP contribution in [-0.2, 0) is 0 Å². The second-order valence-corrected chi connectivity index (χ2v) is 14.4. The lowest BCUT2D eigenvalue weighted by molar-refractivity contribution is 0.0331. The van der Waals surface area contributed by atoms with Crippen LogP contribution in [0.15, 0.2) is 71.8 Å². The van der Waals surface area contributed by atoms with E-state index in [1.807, 2.05) is 6.92 Å². The molecule has 0 bridgehead atoms. The van der Waals surface area contributed by atoms with Crippen molar-refractivity contribution in [2.24, 2.45) is 5.92 Å². The fraction of sp³-hybridized carbons (Fsp3) is 0.440. The van der Waals surface area contributed by atoms with Crippen LogP contribution in [0.2, 0.25) is 11.1 Å². The predicted molar refractivity (Wildman–Crippen MR) is 120 cm³/mol. The van der Waals surface area contributed by atoms with Crippen LogP contribution in [0.4, 0.5) is 0 Å². The maximum atomic E-state index is 10.9. The molecule has 0 spiro atoms. The van der Waals surface area contributed by atoms with Gasteiger partial charge in [-0.05, 0) is 31.4 Å². The second kappa shape index (κ2) is 7.07. The fourth-order valence-corrected chi connectivity index (χ4v) is 10.5. The van der Waals surface area contributed by atoms with Crippen molar-refractivity contribution in [1.29, 1.82) is 0 Å². The summed E-state index contributed by atoms with van der Waals surface area (Å²) >= 11 is 0. The minimum atomic E-state index is -2.12. The first-order valence-electron chi connectivity index (χ1n) is 10.1. The third kappa shape index (κ3) is 3.46. The van der Waals surface area contributed by atoms with Crippen molar-refractivity contribution in [3.05, 3.63) is 71.8 Å². The van der Waals surface area contributed by atoms with Gasteiger partial charge in [0.15, 0.2) is 0 Å². The molecule has 27 heavy (non-hydrogen) atoms. The second-order valence-electron chi connectivity index (χ2n) is 9.61. The molecule has 1 nitrogen and oxygen atoms in total. The van der Waals surface area contributed by atoms with Crippen LogP contribution in [0.1, 0.15) is 48.0 Å². The first-order valence-corrected chi connectivity index (χ1v) is 12.3. The van der Waals surface area contributed by atoms with Gasteiger partial charge in [-0.25, -0.2) is 0 Å². The van der Waals surface area contributed by atoms with Crippen molar-refractivity contribution in [3.63, 3.8) is 0 Å². The van der Waals surface area contributed by atoms with E-state index in [4.69, 9.17) is 0 Å². The van der Waals surface area contributed by atoms with Gasteiger partial charge in [-0.2, -0.15) is 0 Å². The van der Waals surface area contributed by atoms with Crippen molar-refractivity contribution in [2.45, 2.75) is 64.6 Å². The third-order valence-corrected chi connectivity index (χ3v) is 13.2. The van der Waals surface area contributed by atoms with Gasteiger partial charge in [-0.1, -0.05) is 110 Å². The largest absolute Gasteiger partial charge is 0.389 e. The molecule has 0 radical (unpaired) electrons. The Bertz CT molecular complexity index is 773. The highest BCUT2D eigenvalue weighted by Crippen LogP contribution is 2.47. The Morgan fingerprint density at radius 2 is 1.41 bits per heavy atom. The third-order valence-electron chi connectivity index (χ3n) is 7.00. The Hall–Kier alpha value is -1.64. The summed E-state index contributed by atoms with van der Waals surface area (Å²) in [6.45, 7) is 13.6. The summed E-state index contributed by atoms with van der Waals surface area (Å²) in [6, 6.07) is 23.4. The normalized spacial score (nSPS) is 23.7. The van der Waals surface area contributed by atoms with Crippen LogP contribution in [0.3, 0.4) is 0 Å². The molecule has 144 valence electrons. The minimum Gasteiger partial charge on any atom is -0.389 e. The zero-order valence-electron chi connectivity index (χ0n) is 17.7. The van der Waals surface area contributed by atoms with E-state index >= 15 is 0 Å². The van der Waals surface area contributed by atoms with Crippen LogP contribution in [0.5, 0.6) is 0 Å². The van der Waals surface area contributed by atoms with E-state index in [1.165, 1.54) is 21.5 Å². The van der Waals surface area contributed by atoms with E-state index in [0.717, 1.165) is 12.5 Å². The summed E-state index contributed by atoms with van der Waals surface area (Å²) in [5, 5.41) is 14.0. The van der Waals surface area contributed by atoms with Crippen molar-refractivity contribution < 1.29 is 5.11 Å². The van der Waals surface area contributed by atoms with Gasteiger partial charge in [0, 0.05) is 5.92 Å². The Morgan fingerprint density at radius 3 is 1.74 bits per heavy atom. The number of hydrogen-bond donors (Lipinski definition) is 1. The lowest BCUT2D eigenvalue weighted by atomic mass is 9.91. The van der Waals surface area contributed by atoms with Crippen LogP contribution >= 0.6 is 0 Å². The highest BCUT2D eigenvalue weighted by molar-refractivity contribution is 7.04. The summed E-state index contributed by atoms with van der Waals surface area (Å²) in [4.78, 5) is 0. The van der Waals surface area contributed by atoms with Gasteiger partial charge >= 0.3 is 0 Å². The molecular weight excluding hydrogens is 344 g/mol. The lowest BCUT2D eigenvalue weighted by Gasteiger charge is -2.45. The summed E-state index contributed by atoms with van der Waals surface area (Å²) in [5.74, 6) is 0.228. The zero-order chi connectivity index (χ0) is 19.9. The van der Waals surface area contributed by atoms with Gasteiger partial charge in [-0.15, -0.1) is 0 Å². The molecule has 0 fully saturated rings. The quantitative estimate of drug-likeness (QED) is 0.576. The van der Waals surface area contributed by atoms with Crippen molar-refractivity contribution >= 4 is 18.4 Å². The summed E-state index contributed by atoms with van der Waals surface area (Å²) in [5.41, 5.74) is 2.25. The molecular formula is C25H34OSi. The molecule has 1 aliphatic rings. The van der Waals surface area contributed by atoms with Gasteiger partial charge in [0.25, 0.3) is 0 Å². The van der Waals surface area contributed by atoms with Crippen molar-refractivity contribution in [1.82, 2.24) is 0 Å². The minimum absolute atomic E-state index is 0.153. The van der Waals surface area contributed by atoms with Gasteiger partial charge in [-0.3, -0.25) is 0 Å². The number of rotatable bonds is 4. The highest BCUT2D eigenvalue weighted by atomic mass is 28.3. The molecule has 0 aliphatic heterocycles. The van der Waals surface area contributed by atoms with Crippen LogP contribution < -0.4 is 10.4 Å². The van der Waals surface area contributed by atoms with Gasteiger partial charge in [0.2, 0.25) is 0 Å². The van der Waals surface area contributed by atoms with Gasteiger partial charge in [0.05, 0.1) is 5.60 Å². The topological polar surface area (TPSA) is 20.2 Å².